The Morgan fingerprint density at radius 1 is 1.56 bits per heavy atom. The lowest BCUT2D eigenvalue weighted by Gasteiger charge is -2.05. The molecule has 1 atom stereocenters. The Balaban J connectivity index is 2.20. The van der Waals surface area contributed by atoms with E-state index in [0.717, 1.165) is 17.0 Å². The number of anilines is 1. The molecule has 2 heterocycles. The standard InChI is InChI=1S/C10H14N4OS/c1-8-7-9-10(12-4-6-16(2)15)11-3-5-14(9)13-8/h3,5,7H,4,6H2,1-2H3,(H,11,12). The first-order valence-corrected chi connectivity index (χ1v) is 6.74. The molecule has 0 fully saturated rings. The van der Waals surface area contributed by atoms with Crippen LogP contribution in [0, 0.1) is 6.92 Å². The van der Waals surface area contributed by atoms with E-state index in [1.54, 1.807) is 17.0 Å². The summed E-state index contributed by atoms with van der Waals surface area (Å²) >= 11 is 0. The summed E-state index contributed by atoms with van der Waals surface area (Å²) in [6.07, 6.45) is 5.20. The molecule has 0 saturated carbocycles. The van der Waals surface area contributed by atoms with Crippen LogP contribution in [-0.2, 0) is 10.8 Å². The molecule has 86 valence electrons. The van der Waals surface area contributed by atoms with Gasteiger partial charge in [0.05, 0.1) is 5.69 Å². The van der Waals surface area contributed by atoms with E-state index in [1.807, 2.05) is 19.2 Å². The summed E-state index contributed by atoms with van der Waals surface area (Å²) in [5, 5.41) is 7.46. The minimum absolute atomic E-state index is 0.621. The van der Waals surface area contributed by atoms with Crippen molar-refractivity contribution in [1.82, 2.24) is 14.6 Å². The number of hydrogen-bond acceptors (Lipinski definition) is 4. The minimum atomic E-state index is -0.780. The van der Waals surface area contributed by atoms with Gasteiger partial charge in [0, 0.05) is 41.7 Å². The Labute approximate surface area is 96.3 Å². The second-order valence-corrected chi connectivity index (χ2v) is 5.15. The van der Waals surface area contributed by atoms with Crippen molar-refractivity contribution in [2.24, 2.45) is 0 Å². The maximum absolute atomic E-state index is 10.9. The van der Waals surface area contributed by atoms with Gasteiger partial charge in [-0.1, -0.05) is 0 Å². The molecule has 2 aromatic rings. The van der Waals surface area contributed by atoms with E-state index in [1.165, 1.54) is 0 Å². The van der Waals surface area contributed by atoms with Gasteiger partial charge < -0.3 is 5.32 Å². The number of fused-ring (bicyclic) bond motifs is 1. The highest BCUT2D eigenvalue weighted by atomic mass is 32.2. The van der Waals surface area contributed by atoms with Crippen molar-refractivity contribution < 1.29 is 4.21 Å². The van der Waals surface area contributed by atoms with Crippen molar-refractivity contribution in [1.29, 1.82) is 0 Å². The molecule has 0 saturated heterocycles. The van der Waals surface area contributed by atoms with Crippen LogP contribution in [0.3, 0.4) is 0 Å². The van der Waals surface area contributed by atoms with Crippen LogP contribution in [0.1, 0.15) is 5.69 Å². The Bertz CT molecular complexity index is 523. The molecule has 2 aromatic heterocycles. The summed E-state index contributed by atoms with van der Waals surface area (Å²) in [6.45, 7) is 2.60. The predicted octanol–water partition coefficient (Wildman–Crippen LogP) is 0.828. The average molecular weight is 238 g/mol. The van der Waals surface area contributed by atoms with Crippen LogP contribution in [-0.4, -0.2) is 37.4 Å². The molecule has 6 heteroatoms. The minimum Gasteiger partial charge on any atom is -0.367 e. The van der Waals surface area contributed by atoms with Gasteiger partial charge in [-0.25, -0.2) is 9.50 Å². The molecule has 0 spiro atoms. The zero-order chi connectivity index (χ0) is 11.5. The molecular formula is C10H14N4OS. The van der Waals surface area contributed by atoms with Crippen molar-refractivity contribution in [2.75, 3.05) is 23.9 Å². The fourth-order valence-electron chi connectivity index (χ4n) is 1.49. The fraction of sp³-hybridized carbons (Fsp3) is 0.400. The van der Waals surface area contributed by atoms with Gasteiger partial charge in [-0.3, -0.25) is 4.21 Å². The Morgan fingerprint density at radius 2 is 2.38 bits per heavy atom. The zero-order valence-electron chi connectivity index (χ0n) is 9.30. The molecule has 0 radical (unpaired) electrons. The van der Waals surface area contributed by atoms with Gasteiger partial charge in [0.2, 0.25) is 0 Å². The zero-order valence-corrected chi connectivity index (χ0v) is 10.1. The average Bonchev–Trinajstić information content (AvgIpc) is 2.58. The number of nitrogens with zero attached hydrogens (tertiary/aromatic N) is 3. The fourth-order valence-corrected chi connectivity index (χ4v) is 1.88. The van der Waals surface area contributed by atoms with E-state index >= 15 is 0 Å². The van der Waals surface area contributed by atoms with Crippen molar-refractivity contribution in [3.05, 3.63) is 24.2 Å². The third kappa shape index (κ3) is 2.38. The molecule has 2 rings (SSSR count). The summed E-state index contributed by atoms with van der Waals surface area (Å²) in [5.41, 5.74) is 1.90. The van der Waals surface area contributed by atoms with Crippen LogP contribution < -0.4 is 5.32 Å². The number of rotatable bonds is 4. The molecule has 16 heavy (non-hydrogen) atoms. The van der Waals surface area contributed by atoms with Gasteiger partial charge >= 0.3 is 0 Å². The topological polar surface area (TPSA) is 59.3 Å². The van der Waals surface area contributed by atoms with Gasteiger partial charge in [-0.2, -0.15) is 5.10 Å². The van der Waals surface area contributed by atoms with Crippen LogP contribution in [0.25, 0.3) is 5.52 Å². The highest BCUT2D eigenvalue weighted by molar-refractivity contribution is 7.84. The summed E-state index contributed by atoms with van der Waals surface area (Å²) in [4.78, 5) is 4.25. The number of hydrogen-bond donors (Lipinski definition) is 1. The molecule has 0 amide bonds. The van der Waals surface area contributed by atoms with E-state index in [0.29, 0.717) is 12.3 Å². The monoisotopic (exact) mass is 238 g/mol. The third-order valence-corrected chi connectivity index (χ3v) is 2.97. The normalized spacial score (nSPS) is 12.9. The number of aromatic nitrogens is 3. The lowest BCUT2D eigenvalue weighted by atomic mass is 10.4. The number of aryl methyl sites for hydroxylation is 1. The summed E-state index contributed by atoms with van der Waals surface area (Å²) in [6, 6.07) is 1.97. The van der Waals surface area contributed by atoms with Gasteiger partial charge in [-0.05, 0) is 13.0 Å². The lowest BCUT2D eigenvalue weighted by Crippen LogP contribution is -2.11. The second-order valence-electron chi connectivity index (χ2n) is 3.60. The van der Waals surface area contributed by atoms with E-state index < -0.39 is 10.8 Å². The van der Waals surface area contributed by atoms with Crippen molar-refractivity contribution in [3.8, 4) is 0 Å². The SMILES string of the molecule is Cc1cc2c(NCCS(C)=O)nccn2n1. The van der Waals surface area contributed by atoms with Gasteiger partial charge in [0.1, 0.15) is 5.52 Å². The first-order valence-electron chi connectivity index (χ1n) is 5.02. The Hall–Kier alpha value is -1.43. The molecular weight excluding hydrogens is 224 g/mol. The maximum atomic E-state index is 10.9. The van der Waals surface area contributed by atoms with Crippen molar-refractivity contribution >= 4 is 22.1 Å². The molecule has 0 aliphatic carbocycles. The van der Waals surface area contributed by atoms with Gasteiger partial charge in [-0.15, -0.1) is 0 Å². The van der Waals surface area contributed by atoms with E-state index in [-0.39, 0.29) is 0 Å². The third-order valence-electron chi connectivity index (χ3n) is 2.19. The molecule has 5 nitrogen and oxygen atoms in total. The molecule has 0 aromatic carbocycles. The Morgan fingerprint density at radius 3 is 3.12 bits per heavy atom. The van der Waals surface area contributed by atoms with Gasteiger partial charge in [0.15, 0.2) is 5.82 Å². The quantitative estimate of drug-likeness (QED) is 0.857. The summed E-state index contributed by atoms with van der Waals surface area (Å²) in [7, 11) is -0.780. The second kappa shape index (κ2) is 4.61. The molecule has 0 bridgehead atoms. The van der Waals surface area contributed by atoms with Crippen LogP contribution in [0.4, 0.5) is 5.82 Å². The maximum Gasteiger partial charge on any atom is 0.152 e. The van der Waals surface area contributed by atoms with Crippen LogP contribution in [0.2, 0.25) is 0 Å². The highest BCUT2D eigenvalue weighted by Crippen LogP contribution is 2.13. The highest BCUT2D eigenvalue weighted by Gasteiger charge is 2.04. The predicted molar refractivity (Wildman–Crippen MR) is 65.1 cm³/mol. The molecule has 1 unspecified atom stereocenters. The van der Waals surface area contributed by atoms with E-state index in [4.69, 9.17) is 0 Å². The summed E-state index contributed by atoms with van der Waals surface area (Å²) in [5.74, 6) is 1.41. The molecule has 0 aliphatic heterocycles. The van der Waals surface area contributed by atoms with Crippen molar-refractivity contribution in [3.63, 3.8) is 0 Å². The van der Waals surface area contributed by atoms with E-state index in [2.05, 4.69) is 15.4 Å². The van der Waals surface area contributed by atoms with Crippen LogP contribution in [0.5, 0.6) is 0 Å². The Kier molecular flexibility index (Phi) is 3.19. The first kappa shape index (κ1) is 11.1. The largest absolute Gasteiger partial charge is 0.367 e. The molecule has 0 aliphatic rings. The number of nitrogens with one attached hydrogen (secondary N) is 1. The van der Waals surface area contributed by atoms with Crippen LogP contribution >= 0.6 is 0 Å². The van der Waals surface area contributed by atoms with Crippen molar-refractivity contribution in [2.45, 2.75) is 6.92 Å². The van der Waals surface area contributed by atoms with Gasteiger partial charge in [0.25, 0.3) is 0 Å². The molecule has 1 N–H and O–H groups in total. The van der Waals surface area contributed by atoms with E-state index in [9.17, 15) is 4.21 Å². The lowest BCUT2D eigenvalue weighted by molar-refractivity contribution is 0.687. The summed E-state index contributed by atoms with van der Waals surface area (Å²) < 4.78 is 12.7. The van der Waals surface area contributed by atoms with Crippen LogP contribution in [0.15, 0.2) is 18.5 Å². The first-order chi connectivity index (χ1) is 7.66. The smallest absolute Gasteiger partial charge is 0.152 e.